The van der Waals surface area contributed by atoms with Gasteiger partial charge in [-0.05, 0) is 12.6 Å². The van der Waals surface area contributed by atoms with Crippen LogP contribution in [-0.2, 0) is 0 Å². The van der Waals surface area contributed by atoms with Crippen molar-refractivity contribution in [3.8, 4) is 0 Å². The zero-order valence-corrected chi connectivity index (χ0v) is 6.89. The summed E-state index contributed by atoms with van der Waals surface area (Å²) in [4.78, 5) is 3.55. The Bertz CT molecular complexity index is 72.6. The molecule has 0 bridgehead atoms. The molecular formula is C8H17N. The highest BCUT2D eigenvalue weighted by Gasteiger charge is 1.77. The molecule has 0 saturated carbocycles. The van der Waals surface area contributed by atoms with Crippen molar-refractivity contribution in [2.75, 3.05) is 0 Å². The predicted molar refractivity (Wildman–Crippen MR) is 44.9 cm³/mol. The van der Waals surface area contributed by atoms with E-state index in [2.05, 4.69) is 25.6 Å². The van der Waals surface area contributed by atoms with Crippen LogP contribution in [0, 0.1) is 5.92 Å². The number of hydrogen-bond acceptors (Lipinski definition) is 1. The Hall–Kier alpha value is -0.590. The molecule has 0 aliphatic rings. The molecule has 0 fully saturated rings. The van der Waals surface area contributed by atoms with Crippen LogP contribution >= 0.6 is 0 Å². The fourth-order valence-corrected chi connectivity index (χ4v) is 0.233. The van der Waals surface area contributed by atoms with Gasteiger partial charge in [-0.3, -0.25) is 4.99 Å². The fourth-order valence-electron chi connectivity index (χ4n) is 0.233. The maximum Gasteiger partial charge on any atom is 0.0223 e. The average molecular weight is 127 g/mol. The van der Waals surface area contributed by atoms with Crippen LogP contribution in [0.25, 0.3) is 0 Å². The van der Waals surface area contributed by atoms with Gasteiger partial charge in [-0.2, -0.15) is 0 Å². The normalized spacial score (nSPS) is 9.00. The molecule has 1 nitrogen and oxygen atoms in total. The highest BCUT2D eigenvalue weighted by molar-refractivity contribution is 5.25. The first-order valence-electron chi connectivity index (χ1n) is 3.40. The number of aliphatic imine (C=N–C) groups is 1. The summed E-state index contributed by atoms with van der Waals surface area (Å²) in [6.07, 6.45) is 3.71. The first-order chi connectivity index (χ1) is 4.27. The smallest absolute Gasteiger partial charge is 0.0223 e. The van der Waals surface area contributed by atoms with E-state index in [-0.39, 0.29) is 0 Å². The first kappa shape index (κ1) is 11.2. The monoisotopic (exact) mass is 127 g/mol. The SMILES string of the molecule is C=N/C=C\C(C)C.CC. The van der Waals surface area contributed by atoms with Crippen LogP contribution in [0.1, 0.15) is 27.7 Å². The van der Waals surface area contributed by atoms with Crippen LogP contribution in [0.5, 0.6) is 0 Å². The second-order valence-corrected chi connectivity index (χ2v) is 1.77. The summed E-state index contributed by atoms with van der Waals surface area (Å²) in [5.74, 6) is 0.588. The molecular weight excluding hydrogens is 110 g/mol. The predicted octanol–water partition coefficient (Wildman–Crippen LogP) is 2.88. The average Bonchev–Trinajstić information content (AvgIpc) is 1.88. The number of allylic oxidation sites excluding steroid dienone is 1. The molecule has 0 spiro atoms. The summed E-state index contributed by atoms with van der Waals surface area (Å²) < 4.78 is 0. The van der Waals surface area contributed by atoms with Crippen molar-refractivity contribution >= 4 is 6.72 Å². The molecule has 0 amide bonds. The largest absolute Gasteiger partial charge is 0.273 e. The van der Waals surface area contributed by atoms with E-state index in [0.717, 1.165) is 0 Å². The molecule has 0 aromatic carbocycles. The lowest BCUT2D eigenvalue weighted by Gasteiger charge is -1.87. The summed E-state index contributed by atoms with van der Waals surface area (Å²) in [6, 6.07) is 0. The summed E-state index contributed by atoms with van der Waals surface area (Å²) >= 11 is 0. The molecule has 0 unspecified atom stereocenters. The van der Waals surface area contributed by atoms with Crippen molar-refractivity contribution < 1.29 is 0 Å². The van der Waals surface area contributed by atoms with E-state index in [1.165, 1.54) is 0 Å². The zero-order valence-electron chi connectivity index (χ0n) is 6.89. The molecule has 0 rings (SSSR count). The fraction of sp³-hybridized carbons (Fsp3) is 0.625. The molecule has 0 aromatic heterocycles. The summed E-state index contributed by atoms with van der Waals surface area (Å²) in [5.41, 5.74) is 0. The van der Waals surface area contributed by atoms with Gasteiger partial charge in [0.2, 0.25) is 0 Å². The van der Waals surface area contributed by atoms with Crippen LogP contribution in [0.4, 0.5) is 0 Å². The Morgan fingerprint density at radius 1 is 1.33 bits per heavy atom. The van der Waals surface area contributed by atoms with Gasteiger partial charge >= 0.3 is 0 Å². The van der Waals surface area contributed by atoms with Gasteiger partial charge in [-0.15, -0.1) is 0 Å². The van der Waals surface area contributed by atoms with E-state index in [4.69, 9.17) is 0 Å². The van der Waals surface area contributed by atoms with Crippen LogP contribution in [0.2, 0.25) is 0 Å². The molecule has 0 radical (unpaired) electrons. The van der Waals surface area contributed by atoms with Crippen LogP contribution in [-0.4, -0.2) is 6.72 Å². The van der Waals surface area contributed by atoms with Gasteiger partial charge in [0.25, 0.3) is 0 Å². The number of nitrogens with zero attached hydrogens (tertiary/aromatic N) is 1. The van der Waals surface area contributed by atoms with Gasteiger partial charge in [-0.25, -0.2) is 0 Å². The lowest BCUT2D eigenvalue weighted by Crippen LogP contribution is -1.73. The van der Waals surface area contributed by atoms with Crippen molar-refractivity contribution in [1.29, 1.82) is 0 Å². The molecule has 0 heterocycles. The first-order valence-corrected chi connectivity index (χ1v) is 3.40. The third-order valence-electron chi connectivity index (χ3n) is 0.576. The summed E-state index contributed by atoms with van der Waals surface area (Å²) in [7, 11) is 0. The Labute approximate surface area is 58.5 Å². The molecule has 0 aliphatic heterocycles. The van der Waals surface area contributed by atoms with Crippen molar-refractivity contribution in [3.05, 3.63) is 12.3 Å². The van der Waals surface area contributed by atoms with Crippen LogP contribution < -0.4 is 0 Å². The molecule has 0 aromatic rings. The molecule has 0 saturated heterocycles. The quantitative estimate of drug-likeness (QED) is 0.506. The second-order valence-electron chi connectivity index (χ2n) is 1.77. The van der Waals surface area contributed by atoms with E-state index in [1.807, 2.05) is 19.9 Å². The van der Waals surface area contributed by atoms with Gasteiger partial charge in [-0.1, -0.05) is 33.8 Å². The summed E-state index contributed by atoms with van der Waals surface area (Å²) in [6.45, 7) is 11.5. The topological polar surface area (TPSA) is 12.4 Å². The van der Waals surface area contributed by atoms with E-state index < -0.39 is 0 Å². The van der Waals surface area contributed by atoms with E-state index in [0.29, 0.717) is 5.92 Å². The minimum atomic E-state index is 0.588. The van der Waals surface area contributed by atoms with Crippen LogP contribution in [0.15, 0.2) is 17.3 Å². The Morgan fingerprint density at radius 2 is 1.78 bits per heavy atom. The van der Waals surface area contributed by atoms with Crippen molar-refractivity contribution in [2.24, 2.45) is 10.9 Å². The Morgan fingerprint density at radius 3 is 1.89 bits per heavy atom. The molecule has 0 atom stereocenters. The Kier molecular flexibility index (Phi) is 13.0. The molecule has 9 heavy (non-hydrogen) atoms. The maximum absolute atomic E-state index is 3.55. The highest BCUT2D eigenvalue weighted by atomic mass is 14.6. The van der Waals surface area contributed by atoms with Gasteiger partial charge in [0.1, 0.15) is 0 Å². The minimum absolute atomic E-state index is 0.588. The third-order valence-corrected chi connectivity index (χ3v) is 0.576. The standard InChI is InChI=1S/C6H11N.C2H6/c1-6(2)4-5-7-3;1-2/h4-6H,3H2,1-2H3;1-2H3/b5-4-;. The number of hydrogen-bond donors (Lipinski definition) is 0. The second kappa shape index (κ2) is 10.4. The minimum Gasteiger partial charge on any atom is -0.273 e. The van der Waals surface area contributed by atoms with Crippen molar-refractivity contribution in [2.45, 2.75) is 27.7 Å². The summed E-state index contributed by atoms with van der Waals surface area (Å²) in [5, 5.41) is 0. The molecule has 1 heteroatoms. The van der Waals surface area contributed by atoms with E-state index in [9.17, 15) is 0 Å². The lowest BCUT2D eigenvalue weighted by atomic mass is 10.2. The Balaban J connectivity index is 0. The third kappa shape index (κ3) is 18.7. The maximum atomic E-state index is 3.55. The molecule has 54 valence electrons. The van der Waals surface area contributed by atoms with Gasteiger partial charge in [0, 0.05) is 6.20 Å². The van der Waals surface area contributed by atoms with Gasteiger partial charge in [0.15, 0.2) is 0 Å². The van der Waals surface area contributed by atoms with Crippen LogP contribution in [0.3, 0.4) is 0 Å². The highest BCUT2D eigenvalue weighted by Crippen LogP contribution is 1.91. The van der Waals surface area contributed by atoms with Crippen molar-refractivity contribution in [1.82, 2.24) is 0 Å². The van der Waals surface area contributed by atoms with Gasteiger partial charge < -0.3 is 0 Å². The molecule has 0 aliphatic carbocycles. The van der Waals surface area contributed by atoms with Gasteiger partial charge in [0.05, 0.1) is 0 Å². The van der Waals surface area contributed by atoms with E-state index >= 15 is 0 Å². The number of rotatable bonds is 2. The van der Waals surface area contributed by atoms with Crippen molar-refractivity contribution in [3.63, 3.8) is 0 Å². The lowest BCUT2D eigenvalue weighted by molar-refractivity contribution is 0.829. The zero-order chi connectivity index (χ0) is 7.70. The van der Waals surface area contributed by atoms with E-state index in [1.54, 1.807) is 6.20 Å². The molecule has 0 N–H and O–H groups in total.